The van der Waals surface area contributed by atoms with Crippen molar-refractivity contribution in [3.05, 3.63) is 101 Å². The third kappa shape index (κ3) is 5.01. The minimum atomic E-state index is -0.144. The maximum Gasteiger partial charge on any atom is 0.267 e. The van der Waals surface area contributed by atoms with Crippen LogP contribution in [0.25, 0.3) is 12.2 Å². The fourth-order valence-corrected chi connectivity index (χ4v) is 3.67. The van der Waals surface area contributed by atoms with E-state index in [1.165, 1.54) is 11.8 Å². The fraction of sp³-hybridized carbons (Fsp3) is 0.0435. The third-order valence-corrected chi connectivity index (χ3v) is 5.15. The lowest BCUT2D eigenvalue weighted by Gasteiger charge is -2.12. The molecule has 3 heterocycles. The Hall–Kier alpha value is -3.71. The van der Waals surface area contributed by atoms with Gasteiger partial charge in [-0.15, -0.1) is 5.10 Å². The van der Waals surface area contributed by atoms with Gasteiger partial charge < -0.3 is 4.42 Å². The molecule has 1 aliphatic heterocycles. The van der Waals surface area contributed by atoms with Crippen LogP contribution in [0.2, 0.25) is 0 Å². The van der Waals surface area contributed by atoms with Gasteiger partial charge >= 0.3 is 0 Å². The number of aromatic nitrogens is 1. The van der Waals surface area contributed by atoms with Gasteiger partial charge in [-0.2, -0.15) is 5.10 Å². The molecule has 4 rings (SSSR count). The Labute approximate surface area is 178 Å². The van der Waals surface area contributed by atoms with Crippen LogP contribution >= 0.6 is 11.8 Å². The van der Waals surface area contributed by atoms with E-state index in [0.717, 1.165) is 11.1 Å². The number of pyridine rings is 1. The Morgan fingerprint density at radius 1 is 1.07 bits per heavy atom. The molecule has 2 aromatic heterocycles. The fourth-order valence-electron chi connectivity index (χ4n) is 2.73. The number of nitrogens with zero attached hydrogens (tertiary/aromatic N) is 4. The van der Waals surface area contributed by atoms with Crippen LogP contribution in [0.15, 0.2) is 98.9 Å². The monoisotopic (exact) mass is 414 g/mol. The highest BCUT2D eigenvalue weighted by Gasteiger charge is 2.34. The van der Waals surface area contributed by atoms with Crippen LogP contribution in [0.5, 0.6) is 0 Å². The first kappa shape index (κ1) is 19.6. The molecule has 7 heteroatoms. The highest BCUT2D eigenvalue weighted by molar-refractivity contribution is 8.18. The van der Waals surface area contributed by atoms with Crippen molar-refractivity contribution in [1.29, 1.82) is 0 Å². The molecule has 0 saturated carbocycles. The van der Waals surface area contributed by atoms with Gasteiger partial charge in [0.1, 0.15) is 5.76 Å². The first-order chi connectivity index (χ1) is 14.8. The number of carbonyl (C=O) groups excluding carboxylic acids is 1. The van der Waals surface area contributed by atoms with Gasteiger partial charge in [0, 0.05) is 18.6 Å². The number of allylic oxidation sites excluding steroid dienone is 1. The van der Waals surface area contributed by atoms with Crippen LogP contribution < -0.4 is 0 Å². The van der Waals surface area contributed by atoms with E-state index in [-0.39, 0.29) is 12.5 Å². The Bertz CT molecular complexity index is 1100. The maximum atomic E-state index is 12.9. The first-order valence-electron chi connectivity index (χ1n) is 9.26. The number of furan rings is 1. The molecule has 0 unspecified atom stereocenters. The average molecular weight is 414 g/mol. The highest BCUT2D eigenvalue weighted by atomic mass is 32.2. The molecule has 0 aliphatic carbocycles. The molecule has 0 N–H and O–H groups in total. The molecule has 1 amide bonds. The van der Waals surface area contributed by atoms with E-state index in [9.17, 15) is 4.79 Å². The second kappa shape index (κ2) is 9.67. The molecular weight excluding hydrogens is 396 g/mol. The SMILES string of the molecule is O=C1/C(=C/c2cccnc2)S/C(=N/N=C/C=C/c2ccccc2)N1Cc1ccco1. The van der Waals surface area contributed by atoms with Crippen molar-refractivity contribution in [3.8, 4) is 0 Å². The molecule has 3 aromatic rings. The first-order valence-corrected chi connectivity index (χ1v) is 10.1. The minimum Gasteiger partial charge on any atom is -0.467 e. The van der Waals surface area contributed by atoms with E-state index in [1.54, 1.807) is 41.9 Å². The number of carbonyl (C=O) groups is 1. The largest absolute Gasteiger partial charge is 0.467 e. The van der Waals surface area contributed by atoms with E-state index < -0.39 is 0 Å². The molecule has 0 atom stereocenters. The normalized spacial score (nSPS) is 17.2. The Kier molecular flexibility index (Phi) is 6.31. The van der Waals surface area contributed by atoms with Gasteiger partial charge in [0.25, 0.3) is 5.91 Å². The Balaban J connectivity index is 1.54. The van der Waals surface area contributed by atoms with Crippen LogP contribution in [0.3, 0.4) is 0 Å². The maximum absolute atomic E-state index is 12.9. The summed E-state index contributed by atoms with van der Waals surface area (Å²) in [7, 11) is 0. The van der Waals surface area contributed by atoms with Crippen LogP contribution in [-0.4, -0.2) is 27.2 Å². The predicted octanol–water partition coefficient (Wildman–Crippen LogP) is 4.85. The van der Waals surface area contributed by atoms with Crippen LogP contribution in [0.4, 0.5) is 0 Å². The van der Waals surface area contributed by atoms with Gasteiger partial charge in [0.05, 0.1) is 17.7 Å². The van der Waals surface area contributed by atoms with Crippen LogP contribution in [0, 0.1) is 0 Å². The summed E-state index contributed by atoms with van der Waals surface area (Å²) in [5.74, 6) is 0.529. The Morgan fingerprint density at radius 2 is 1.93 bits per heavy atom. The van der Waals surface area contributed by atoms with Gasteiger partial charge in [-0.25, -0.2) is 0 Å². The molecule has 0 radical (unpaired) electrons. The van der Waals surface area contributed by atoms with Gasteiger partial charge in [-0.3, -0.25) is 14.7 Å². The second-order valence-corrected chi connectivity index (χ2v) is 7.29. The van der Waals surface area contributed by atoms with E-state index in [2.05, 4.69) is 15.2 Å². The lowest BCUT2D eigenvalue weighted by molar-refractivity contribution is -0.122. The van der Waals surface area contributed by atoms with E-state index in [4.69, 9.17) is 4.42 Å². The summed E-state index contributed by atoms with van der Waals surface area (Å²) in [6, 6.07) is 17.3. The van der Waals surface area contributed by atoms with Crippen molar-refractivity contribution in [2.45, 2.75) is 6.54 Å². The van der Waals surface area contributed by atoms with Gasteiger partial charge in [0.15, 0.2) is 5.17 Å². The summed E-state index contributed by atoms with van der Waals surface area (Å²) >= 11 is 1.28. The average Bonchev–Trinajstić information content (AvgIpc) is 3.39. The summed E-state index contributed by atoms with van der Waals surface area (Å²) in [6.45, 7) is 0.289. The molecule has 30 heavy (non-hydrogen) atoms. The number of hydrogen-bond donors (Lipinski definition) is 0. The number of thioether (sulfide) groups is 1. The van der Waals surface area contributed by atoms with Crippen molar-refractivity contribution >= 4 is 41.2 Å². The van der Waals surface area contributed by atoms with Crippen molar-refractivity contribution in [2.24, 2.45) is 10.2 Å². The molecular formula is C23H18N4O2S. The standard InChI is InChI=1S/C23H18N4O2S/c28-22-21(15-19-10-4-12-24-16-19)30-23(27(22)17-20-11-6-14-29-20)26-25-13-5-9-18-7-2-1-3-8-18/h1-16H,17H2/b9-5+,21-15-,25-13+,26-23+. The summed E-state index contributed by atoms with van der Waals surface area (Å²) in [4.78, 5) is 19.2. The smallest absolute Gasteiger partial charge is 0.267 e. The number of rotatable bonds is 6. The quantitative estimate of drug-likeness (QED) is 0.329. The summed E-state index contributed by atoms with van der Waals surface area (Å²) < 4.78 is 5.40. The molecule has 6 nitrogen and oxygen atoms in total. The Morgan fingerprint density at radius 3 is 2.70 bits per heavy atom. The summed E-state index contributed by atoms with van der Waals surface area (Å²) in [5, 5.41) is 8.87. The molecule has 1 fully saturated rings. The van der Waals surface area contributed by atoms with E-state index >= 15 is 0 Å². The van der Waals surface area contributed by atoms with E-state index in [0.29, 0.717) is 15.8 Å². The zero-order chi connectivity index (χ0) is 20.6. The van der Waals surface area contributed by atoms with Gasteiger partial charge in [0.2, 0.25) is 0 Å². The topological polar surface area (TPSA) is 71.1 Å². The molecule has 0 spiro atoms. The van der Waals surface area contributed by atoms with Gasteiger partial charge in [-0.05, 0) is 53.2 Å². The molecule has 1 saturated heterocycles. The van der Waals surface area contributed by atoms with Crippen molar-refractivity contribution in [2.75, 3.05) is 0 Å². The highest BCUT2D eigenvalue weighted by Crippen LogP contribution is 2.33. The number of hydrogen-bond acceptors (Lipinski definition) is 6. The van der Waals surface area contributed by atoms with Crippen LogP contribution in [-0.2, 0) is 11.3 Å². The van der Waals surface area contributed by atoms with Gasteiger partial charge in [-0.1, -0.05) is 42.5 Å². The molecule has 1 aliphatic rings. The number of amidine groups is 1. The molecule has 148 valence electrons. The predicted molar refractivity (Wildman–Crippen MR) is 120 cm³/mol. The minimum absolute atomic E-state index is 0.144. The summed E-state index contributed by atoms with van der Waals surface area (Å²) in [6.07, 6.45) is 12.1. The molecule has 1 aromatic carbocycles. The van der Waals surface area contributed by atoms with Crippen LogP contribution in [0.1, 0.15) is 16.9 Å². The second-order valence-electron chi connectivity index (χ2n) is 6.28. The lowest BCUT2D eigenvalue weighted by atomic mass is 10.2. The summed E-state index contributed by atoms with van der Waals surface area (Å²) in [5.41, 5.74) is 1.92. The number of benzene rings is 1. The molecule has 0 bridgehead atoms. The zero-order valence-electron chi connectivity index (χ0n) is 16.0. The van der Waals surface area contributed by atoms with E-state index in [1.807, 2.05) is 60.7 Å². The van der Waals surface area contributed by atoms with Crippen molar-refractivity contribution in [3.63, 3.8) is 0 Å². The lowest BCUT2D eigenvalue weighted by Crippen LogP contribution is -2.28. The third-order valence-electron chi connectivity index (χ3n) is 4.15. The zero-order valence-corrected chi connectivity index (χ0v) is 16.8. The van der Waals surface area contributed by atoms with Crippen molar-refractivity contribution in [1.82, 2.24) is 9.88 Å². The number of amides is 1. The van der Waals surface area contributed by atoms with Crippen molar-refractivity contribution < 1.29 is 9.21 Å².